The molecule has 2 unspecified atom stereocenters. The number of nitrogens with one attached hydrogen (secondary N) is 2. The maximum absolute atomic E-state index is 11.9. The van der Waals surface area contributed by atoms with Crippen LogP contribution in [0.3, 0.4) is 0 Å². The van der Waals surface area contributed by atoms with E-state index < -0.39 is 11.9 Å². The number of urea groups is 1. The number of carboxylic acids is 1. The van der Waals surface area contributed by atoms with E-state index in [0.717, 1.165) is 12.8 Å². The highest BCUT2D eigenvalue weighted by Gasteiger charge is 2.64. The van der Waals surface area contributed by atoms with Crippen LogP contribution in [0.1, 0.15) is 47.0 Å². The van der Waals surface area contributed by atoms with Gasteiger partial charge < -0.3 is 15.7 Å². The predicted molar refractivity (Wildman–Crippen MR) is 76.4 cm³/mol. The molecule has 5 nitrogen and oxygen atoms in total. The molecule has 2 fully saturated rings. The molecule has 0 radical (unpaired) electrons. The Labute approximate surface area is 120 Å². The van der Waals surface area contributed by atoms with Crippen LogP contribution >= 0.6 is 0 Å². The van der Waals surface area contributed by atoms with E-state index >= 15 is 0 Å². The van der Waals surface area contributed by atoms with Crippen LogP contribution in [0.4, 0.5) is 4.79 Å². The third kappa shape index (κ3) is 2.50. The highest BCUT2D eigenvalue weighted by Crippen LogP contribution is 2.67. The van der Waals surface area contributed by atoms with Crippen molar-refractivity contribution in [2.24, 2.45) is 22.7 Å². The van der Waals surface area contributed by atoms with Gasteiger partial charge in [-0.3, -0.25) is 4.79 Å². The van der Waals surface area contributed by atoms with Crippen molar-refractivity contribution in [2.75, 3.05) is 6.54 Å². The molecular weight excluding hydrogens is 256 g/mol. The Morgan fingerprint density at radius 3 is 2.25 bits per heavy atom. The second-order valence-corrected chi connectivity index (χ2v) is 7.33. The van der Waals surface area contributed by atoms with Gasteiger partial charge >= 0.3 is 12.0 Å². The average molecular weight is 282 g/mol. The highest BCUT2D eigenvalue weighted by molar-refractivity contribution is 5.77. The molecule has 0 aliphatic heterocycles. The van der Waals surface area contributed by atoms with Crippen molar-refractivity contribution in [3.63, 3.8) is 0 Å². The lowest BCUT2D eigenvalue weighted by atomic mass is 10.0. The summed E-state index contributed by atoms with van der Waals surface area (Å²) in [6.07, 6.45) is 2.28. The van der Waals surface area contributed by atoms with Gasteiger partial charge in [0, 0.05) is 12.6 Å². The Morgan fingerprint density at radius 2 is 1.75 bits per heavy atom. The summed E-state index contributed by atoms with van der Waals surface area (Å²) >= 11 is 0. The molecule has 0 bridgehead atoms. The standard InChI is InChI=1S/C15H26N2O3/c1-14(2)11(15(14,3)4)8-16-13(20)17-10-7-5-6-9(10)12(18)19/h9-11H,5-8H2,1-4H3,(H,18,19)(H2,16,17,20). The molecule has 0 aromatic heterocycles. The number of carboxylic acid groups (broad SMARTS) is 1. The van der Waals surface area contributed by atoms with Crippen LogP contribution in [-0.4, -0.2) is 29.7 Å². The van der Waals surface area contributed by atoms with Gasteiger partial charge in [0.05, 0.1) is 5.92 Å². The number of carbonyl (C=O) groups is 2. The summed E-state index contributed by atoms with van der Waals surface area (Å²) in [5.41, 5.74) is 0.495. The molecular formula is C15H26N2O3. The Morgan fingerprint density at radius 1 is 1.15 bits per heavy atom. The summed E-state index contributed by atoms with van der Waals surface area (Å²) in [7, 11) is 0. The highest BCUT2D eigenvalue weighted by atomic mass is 16.4. The molecule has 0 aromatic rings. The molecule has 2 atom stereocenters. The second kappa shape index (κ2) is 4.93. The van der Waals surface area contributed by atoms with Crippen molar-refractivity contribution in [2.45, 2.75) is 53.0 Å². The zero-order valence-corrected chi connectivity index (χ0v) is 12.8. The lowest BCUT2D eigenvalue weighted by Crippen LogP contribution is -2.46. The minimum absolute atomic E-state index is 0.229. The summed E-state index contributed by atoms with van der Waals surface area (Å²) in [5, 5.41) is 14.8. The lowest BCUT2D eigenvalue weighted by molar-refractivity contribution is -0.142. The van der Waals surface area contributed by atoms with E-state index in [-0.39, 0.29) is 22.9 Å². The minimum atomic E-state index is -0.808. The first kappa shape index (κ1) is 15.1. The number of hydrogen-bond acceptors (Lipinski definition) is 2. The van der Waals surface area contributed by atoms with Gasteiger partial charge in [-0.1, -0.05) is 34.1 Å². The molecule has 2 aliphatic rings. The van der Waals surface area contributed by atoms with Crippen molar-refractivity contribution in [1.82, 2.24) is 10.6 Å². The maximum atomic E-state index is 11.9. The predicted octanol–water partition coefficient (Wildman–Crippen LogP) is 2.22. The Kier molecular flexibility index (Phi) is 3.73. The summed E-state index contributed by atoms with van der Waals surface area (Å²) in [6.45, 7) is 9.52. The van der Waals surface area contributed by atoms with Gasteiger partial charge in [-0.15, -0.1) is 0 Å². The quantitative estimate of drug-likeness (QED) is 0.740. The summed E-state index contributed by atoms with van der Waals surface area (Å²) in [4.78, 5) is 23.0. The van der Waals surface area contributed by atoms with Gasteiger partial charge in [0.25, 0.3) is 0 Å². The van der Waals surface area contributed by atoms with Crippen molar-refractivity contribution in [1.29, 1.82) is 0 Å². The van der Waals surface area contributed by atoms with E-state index in [0.29, 0.717) is 18.9 Å². The largest absolute Gasteiger partial charge is 0.481 e. The SMILES string of the molecule is CC1(C)C(CNC(=O)NC2CCCC2C(=O)O)C1(C)C. The van der Waals surface area contributed by atoms with Crippen LogP contribution in [0.25, 0.3) is 0 Å². The molecule has 0 heterocycles. The minimum Gasteiger partial charge on any atom is -0.481 e. The van der Waals surface area contributed by atoms with E-state index in [1.165, 1.54) is 0 Å². The first-order valence-electron chi connectivity index (χ1n) is 7.45. The first-order valence-corrected chi connectivity index (χ1v) is 7.45. The van der Waals surface area contributed by atoms with Gasteiger partial charge in [0.15, 0.2) is 0 Å². The van der Waals surface area contributed by atoms with E-state index in [1.54, 1.807) is 0 Å². The average Bonchev–Trinajstić information content (AvgIpc) is 2.70. The lowest BCUT2D eigenvalue weighted by Gasteiger charge is -2.18. The molecule has 20 heavy (non-hydrogen) atoms. The molecule has 2 saturated carbocycles. The topological polar surface area (TPSA) is 78.4 Å². The third-order valence-electron chi connectivity index (χ3n) is 5.94. The number of amides is 2. The summed E-state index contributed by atoms with van der Waals surface area (Å²) < 4.78 is 0. The molecule has 0 saturated heterocycles. The molecule has 2 rings (SSSR count). The van der Waals surface area contributed by atoms with Gasteiger partial charge in [-0.2, -0.15) is 0 Å². The molecule has 0 spiro atoms. The van der Waals surface area contributed by atoms with Gasteiger partial charge in [0.1, 0.15) is 0 Å². The van der Waals surface area contributed by atoms with Crippen LogP contribution in [0.2, 0.25) is 0 Å². The smallest absolute Gasteiger partial charge is 0.315 e. The third-order valence-corrected chi connectivity index (χ3v) is 5.94. The maximum Gasteiger partial charge on any atom is 0.315 e. The monoisotopic (exact) mass is 282 g/mol. The molecule has 114 valence electrons. The van der Waals surface area contributed by atoms with Crippen LogP contribution in [0, 0.1) is 22.7 Å². The zero-order valence-electron chi connectivity index (χ0n) is 12.8. The fourth-order valence-electron chi connectivity index (χ4n) is 3.69. The molecule has 2 amide bonds. The van der Waals surface area contributed by atoms with Gasteiger partial charge in [0.2, 0.25) is 0 Å². The fourth-order valence-corrected chi connectivity index (χ4v) is 3.69. The fraction of sp³-hybridized carbons (Fsp3) is 0.867. The number of hydrogen-bond donors (Lipinski definition) is 3. The molecule has 0 aromatic carbocycles. The Bertz CT molecular complexity index is 403. The van der Waals surface area contributed by atoms with Gasteiger partial charge in [-0.05, 0) is 29.6 Å². The van der Waals surface area contributed by atoms with Crippen LogP contribution < -0.4 is 10.6 Å². The van der Waals surface area contributed by atoms with Crippen LogP contribution in [0.15, 0.2) is 0 Å². The zero-order chi connectivity index (χ0) is 15.1. The van der Waals surface area contributed by atoms with E-state index in [1.807, 2.05) is 0 Å². The Hall–Kier alpha value is -1.26. The normalized spacial score (nSPS) is 30.8. The van der Waals surface area contributed by atoms with Crippen LogP contribution in [0.5, 0.6) is 0 Å². The van der Waals surface area contributed by atoms with E-state index in [4.69, 9.17) is 5.11 Å². The Balaban J connectivity index is 1.78. The van der Waals surface area contributed by atoms with Crippen molar-refractivity contribution < 1.29 is 14.7 Å². The molecule has 5 heteroatoms. The number of carbonyl (C=O) groups excluding carboxylic acids is 1. The summed E-state index contributed by atoms with van der Waals surface area (Å²) in [5.74, 6) is -0.772. The molecule has 2 aliphatic carbocycles. The van der Waals surface area contributed by atoms with E-state index in [9.17, 15) is 9.59 Å². The first-order chi connectivity index (χ1) is 9.18. The van der Waals surface area contributed by atoms with Gasteiger partial charge in [-0.25, -0.2) is 4.79 Å². The number of rotatable bonds is 4. The number of aliphatic carboxylic acids is 1. The molecule has 3 N–H and O–H groups in total. The van der Waals surface area contributed by atoms with Crippen molar-refractivity contribution >= 4 is 12.0 Å². The second-order valence-electron chi connectivity index (χ2n) is 7.33. The summed E-state index contributed by atoms with van der Waals surface area (Å²) in [6, 6.07) is -0.464. The van der Waals surface area contributed by atoms with Crippen molar-refractivity contribution in [3.05, 3.63) is 0 Å². The van der Waals surface area contributed by atoms with E-state index in [2.05, 4.69) is 38.3 Å². The van der Waals surface area contributed by atoms with Crippen LogP contribution in [-0.2, 0) is 4.79 Å². The van der Waals surface area contributed by atoms with Crippen molar-refractivity contribution in [3.8, 4) is 0 Å².